The second-order valence-corrected chi connectivity index (χ2v) is 2.90. The van der Waals surface area contributed by atoms with Gasteiger partial charge < -0.3 is 5.32 Å². The molecule has 64 valence electrons. The lowest BCUT2D eigenvalue weighted by Gasteiger charge is -1.89. The standard InChI is InChI=1S/C7H10N4O/c1-8-7(12)6-9-5(10-11-6)4-2-3-4/h4H,2-3H2,1H3,(H,8,12)(H,9,10,11). The van der Waals surface area contributed by atoms with Gasteiger partial charge in [-0.2, -0.15) is 0 Å². The van der Waals surface area contributed by atoms with Crippen LogP contribution in [0, 0.1) is 0 Å². The van der Waals surface area contributed by atoms with Gasteiger partial charge in [0.1, 0.15) is 5.82 Å². The third kappa shape index (κ3) is 1.17. The molecule has 0 bridgehead atoms. The van der Waals surface area contributed by atoms with Crippen LogP contribution in [0.15, 0.2) is 0 Å². The van der Waals surface area contributed by atoms with Crippen molar-refractivity contribution < 1.29 is 4.79 Å². The van der Waals surface area contributed by atoms with E-state index in [0.717, 1.165) is 18.7 Å². The highest BCUT2D eigenvalue weighted by Gasteiger charge is 2.27. The predicted octanol–water partition coefficient (Wildman–Crippen LogP) is 0.0417. The van der Waals surface area contributed by atoms with E-state index in [1.54, 1.807) is 7.05 Å². The van der Waals surface area contributed by atoms with Gasteiger partial charge in [-0.3, -0.25) is 9.89 Å². The summed E-state index contributed by atoms with van der Waals surface area (Å²) >= 11 is 0. The van der Waals surface area contributed by atoms with Crippen molar-refractivity contribution in [3.63, 3.8) is 0 Å². The number of rotatable bonds is 2. The first-order chi connectivity index (χ1) is 5.81. The van der Waals surface area contributed by atoms with Gasteiger partial charge >= 0.3 is 0 Å². The summed E-state index contributed by atoms with van der Waals surface area (Å²) in [4.78, 5) is 15.1. The Balaban J connectivity index is 2.17. The molecule has 5 heteroatoms. The van der Waals surface area contributed by atoms with Crippen LogP contribution in [0.5, 0.6) is 0 Å². The summed E-state index contributed by atoms with van der Waals surface area (Å²) in [6.07, 6.45) is 2.31. The zero-order valence-electron chi connectivity index (χ0n) is 6.79. The molecule has 1 saturated carbocycles. The Labute approximate surface area is 69.6 Å². The van der Waals surface area contributed by atoms with E-state index in [1.807, 2.05) is 0 Å². The highest BCUT2D eigenvalue weighted by molar-refractivity contribution is 5.90. The lowest BCUT2D eigenvalue weighted by molar-refractivity contribution is 0.0953. The van der Waals surface area contributed by atoms with Crippen LogP contribution in [0.3, 0.4) is 0 Å². The van der Waals surface area contributed by atoms with Crippen LogP contribution < -0.4 is 5.32 Å². The van der Waals surface area contributed by atoms with Gasteiger partial charge in [0.2, 0.25) is 5.82 Å². The van der Waals surface area contributed by atoms with Crippen molar-refractivity contribution in [3.8, 4) is 0 Å². The number of H-pyrrole nitrogens is 1. The fraction of sp³-hybridized carbons (Fsp3) is 0.571. The van der Waals surface area contributed by atoms with Crippen molar-refractivity contribution in [1.82, 2.24) is 20.5 Å². The van der Waals surface area contributed by atoms with Gasteiger partial charge in [-0.05, 0) is 12.8 Å². The number of hydrogen-bond donors (Lipinski definition) is 2. The van der Waals surface area contributed by atoms with E-state index in [1.165, 1.54) is 0 Å². The normalized spacial score (nSPS) is 16.1. The molecular formula is C7H10N4O. The van der Waals surface area contributed by atoms with Crippen LogP contribution in [0.2, 0.25) is 0 Å². The molecule has 1 amide bonds. The molecule has 2 rings (SSSR count). The zero-order valence-corrected chi connectivity index (χ0v) is 6.79. The van der Waals surface area contributed by atoms with Crippen LogP contribution in [0.25, 0.3) is 0 Å². The summed E-state index contributed by atoms with van der Waals surface area (Å²) in [5.41, 5.74) is 0. The summed E-state index contributed by atoms with van der Waals surface area (Å²) in [5.74, 6) is 1.35. The van der Waals surface area contributed by atoms with Crippen molar-refractivity contribution in [2.24, 2.45) is 0 Å². The molecule has 1 aromatic rings. The predicted molar refractivity (Wildman–Crippen MR) is 41.7 cm³/mol. The van der Waals surface area contributed by atoms with E-state index in [2.05, 4.69) is 20.5 Å². The number of carbonyl (C=O) groups is 1. The molecule has 1 aliphatic carbocycles. The van der Waals surface area contributed by atoms with Crippen LogP contribution in [-0.4, -0.2) is 28.1 Å². The number of carbonyl (C=O) groups excluding carboxylic acids is 1. The van der Waals surface area contributed by atoms with Crippen LogP contribution in [0.1, 0.15) is 35.2 Å². The van der Waals surface area contributed by atoms with Crippen LogP contribution in [-0.2, 0) is 0 Å². The van der Waals surface area contributed by atoms with Gasteiger partial charge in [-0.15, -0.1) is 5.10 Å². The Bertz CT molecular complexity index is 302. The topological polar surface area (TPSA) is 70.7 Å². The summed E-state index contributed by atoms with van der Waals surface area (Å²) in [6.45, 7) is 0. The first kappa shape index (κ1) is 7.27. The van der Waals surface area contributed by atoms with Gasteiger partial charge in [0.05, 0.1) is 0 Å². The number of aromatic amines is 1. The fourth-order valence-electron chi connectivity index (χ4n) is 1.03. The van der Waals surface area contributed by atoms with Crippen molar-refractivity contribution >= 4 is 5.91 Å². The summed E-state index contributed by atoms with van der Waals surface area (Å²) in [6, 6.07) is 0. The minimum absolute atomic E-state index is 0.236. The summed E-state index contributed by atoms with van der Waals surface area (Å²) in [7, 11) is 1.56. The Kier molecular flexibility index (Phi) is 1.56. The van der Waals surface area contributed by atoms with Gasteiger partial charge in [-0.25, -0.2) is 4.98 Å². The molecule has 0 atom stereocenters. The van der Waals surface area contributed by atoms with Gasteiger partial charge in [0, 0.05) is 13.0 Å². The SMILES string of the molecule is CNC(=O)c1n[nH]c(C2CC2)n1. The number of nitrogens with zero attached hydrogens (tertiary/aromatic N) is 2. The number of hydrogen-bond acceptors (Lipinski definition) is 3. The molecule has 12 heavy (non-hydrogen) atoms. The molecule has 0 aliphatic heterocycles. The Morgan fingerprint density at radius 1 is 1.67 bits per heavy atom. The third-order valence-electron chi connectivity index (χ3n) is 1.90. The van der Waals surface area contributed by atoms with Crippen molar-refractivity contribution in [2.75, 3.05) is 7.05 Å². The van der Waals surface area contributed by atoms with E-state index >= 15 is 0 Å². The van der Waals surface area contributed by atoms with Gasteiger partial charge in [0.25, 0.3) is 5.91 Å². The van der Waals surface area contributed by atoms with E-state index in [9.17, 15) is 4.79 Å². The Morgan fingerprint density at radius 2 is 2.42 bits per heavy atom. The van der Waals surface area contributed by atoms with Crippen molar-refractivity contribution in [1.29, 1.82) is 0 Å². The van der Waals surface area contributed by atoms with E-state index < -0.39 is 0 Å². The van der Waals surface area contributed by atoms with Gasteiger partial charge in [-0.1, -0.05) is 0 Å². The smallest absolute Gasteiger partial charge is 0.290 e. The molecule has 1 aliphatic rings. The average Bonchev–Trinajstić information content (AvgIpc) is 2.83. The highest BCUT2D eigenvalue weighted by Crippen LogP contribution is 2.37. The maximum absolute atomic E-state index is 11.0. The minimum Gasteiger partial charge on any atom is -0.352 e. The van der Waals surface area contributed by atoms with E-state index in [0.29, 0.717) is 5.92 Å². The van der Waals surface area contributed by atoms with E-state index in [4.69, 9.17) is 0 Å². The molecule has 2 N–H and O–H groups in total. The molecular weight excluding hydrogens is 156 g/mol. The monoisotopic (exact) mass is 166 g/mol. The zero-order chi connectivity index (χ0) is 8.55. The first-order valence-corrected chi connectivity index (χ1v) is 3.95. The summed E-state index contributed by atoms with van der Waals surface area (Å²) < 4.78 is 0. The molecule has 0 aromatic carbocycles. The minimum atomic E-state index is -0.238. The maximum Gasteiger partial charge on any atom is 0.290 e. The van der Waals surface area contributed by atoms with Crippen LogP contribution >= 0.6 is 0 Å². The lowest BCUT2D eigenvalue weighted by Crippen LogP contribution is -2.19. The Hall–Kier alpha value is -1.39. The second kappa shape index (κ2) is 2.58. The largest absolute Gasteiger partial charge is 0.352 e. The van der Waals surface area contributed by atoms with Crippen LogP contribution in [0.4, 0.5) is 0 Å². The average molecular weight is 166 g/mol. The molecule has 0 spiro atoms. The molecule has 5 nitrogen and oxygen atoms in total. The molecule has 1 fully saturated rings. The van der Waals surface area contributed by atoms with Gasteiger partial charge in [0.15, 0.2) is 0 Å². The fourth-order valence-corrected chi connectivity index (χ4v) is 1.03. The number of aromatic nitrogens is 3. The molecule has 0 saturated heterocycles. The molecule has 0 radical (unpaired) electrons. The molecule has 1 aromatic heterocycles. The molecule has 0 unspecified atom stereocenters. The van der Waals surface area contributed by atoms with Crippen molar-refractivity contribution in [2.45, 2.75) is 18.8 Å². The first-order valence-electron chi connectivity index (χ1n) is 3.95. The van der Waals surface area contributed by atoms with Crippen molar-refractivity contribution in [3.05, 3.63) is 11.6 Å². The number of nitrogens with one attached hydrogen (secondary N) is 2. The third-order valence-corrected chi connectivity index (χ3v) is 1.90. The van der Waals surface area contributed by atoms with E-state index in [-0.39, 0.29) is 11.7 Å². The lowest BCUT2D eigenvalue weighted by atomic mass is 10.4. The quantitative estimate of drug-likeness (QED) is 0.651. The maximum atomic E-state index is 11.0. The second-order valence-electron chi connectivity index (χ2n) is 2.90. The Morgan fingerprint density at radius 3 is 3.00 bits per heavy atom. The highest BCUT2D eigenvalue weighted by atomic mass is 16.2. The molecule has 1 heterocycles. The summed E-state index contributed by atoms with van der Waals surface area (Å²) in [5, 5.41) is 9.03. The number of amides is 1.